The zero-order chi connectivity index (χ0) is 16.7. The lowest BCUT2D eigenvalue weighted by atomic mass is 10.1. The van der Waals surface area contributed by atoms with Crippen molar-refractivity contribution in [3.63, 3.8) is 0 Å². The highest BCUT2D eigenvalue weighted by atomic mass is 15.1. The predicted molar refractivity (Wildman–Crippen MR) is 99.1 cm³/mol. The summed E-state index contributed by atoms with van der Waals surface area (Å²) in [7, 11) is 0. The lowest BCUT2D eigenvalue weighted by molar-refractivity contribution is 0.218. The Kier molecular flexibility index (Phi) is 6.82. The fourth-order valence-electron chi connectivity index (χ4n) is 2.86. The molecule has 0 fully saturated rings. The van der Waals surface area contributed by atoms with Gasteiger partial charge in [0.05, 0.1) is 0 Å². The van der Waals surface area contributed by atoms with Crippen molar-refractivity contribution in [2.75, 3.05) is 6.54 Å². The Morgan fingerprint density at radius 3 is 2.22 bits per heavy atom. The van der Waals surface area contributed by atoms with Gasteiger partial charge in [-0.05, 0) is 29.5 Å². The summed E-state index contributed by atoms with van der Waals surface area (Å²) in [5.41, 5.74) is 11.0. The first-order valence-electron chi connectivity index (χ1n) is 8.66. The van der Waals surface area contributed by atoms with Gasteiger partial charge >= 0.3 is 0 Å². The molecular formula is C21H30N2. The van der Waals surface area contributed by atoms with Crippen molar-refractivity contribution in [2.45, 2.75) is 46.8 Å². The van der Waals surface area contributed by atoms with Gasteiger partial charge in [-0.15, -0.1) is 0 Å². The normalized spacial score (nSPS) is 12.6. The highest BCUT2D eigenvalue weighted by molar-refractivity contribution is 5.24. The van der Waals surface area contributed by atoms with E-state index in [1.807, 2.05) is 0 Å². The summed E-state index contributed by atoms with van der Waals surface area (Å²) < 4.78 is 0. The summed E-state index contributed by atoms with van der Waals surface area (Å²) >= 11 is 0. The number of benzene rings is 2. The molecule has 1 unspecified atom stereocenters. The average Bonchev–Trinajstić information content (AvgIpc) is 2.55. The molecule has 2 rings (SSSR count). The monoisotopic (exact) mass is 310 g/mol. The van der Waals surface area contributed by atoms with Crippen LogP contribution < -0.4 is 5.73 Å². The molecule has 2 heteroatoms. The minimum absolute atomic E-state index is 0.611. The summed E-state index contributed by atoms with van der Waals surface area (Å²) in [5, 5.41) is 0. The molecule has 0 aliphatic heterocycles. The molecule has 0 saturated heterocycles. The number of nitrogens with two attached hydrogens (primary N) is 1. The van der Waals surface area contributed by atoms with Crippen LogP contribution in [0.4, 0.5) is 0 Å². The fourth-order valence-corrected chi connectivity index (χ4v) is 2.86. The second-order valence-corrected chi connectivity index (χ2v) is 6.69. The van der Waals surface area contributed by atoms with Crippen molar-refractivity contribution in [3.05, 3.63) is 70.8 Å². The molecule has 0 heterocycles. The van der Waals surface area contributed by atoms with E-state index in [0.717, 1.165) is 19.6 Å². The molecule has 2 nitrogen and oxygen atoms in total. The van der Waals surface area contributed by atoms with Crippen LogP contribution in [0.5, 0.6) is 0 Å². The summed E-state index contributed by atoms with van der Waals surface area (Å²) in [4.78, 5) is 2.56. The maximum absolute atomic E-state index is 5.69. The van der Waals surface area contributed by atoms with Crippen LogP contribution in [0.15, 0.2) is 48.5 Å². The van der Waals surface area contributed by atoms with Gasteiger partial charge in [-0.25, -0.2) is 0 Å². The lowest BCUT2D eigenvalue weighted by Gasteiger charge is -2.26. The molecular weight excluding hydrogens is 280 g/mol. The standard InChI is InChI=1S/C21H30N2/c1-4-17(2)14-23(16-21-7-5-6-18(3)12-21)15-20-10-8-19(13-22)9-11-20/h5-12,17H,4,13-16,22H2,1-3H3. The van der Waals surface area contributed by atoms with Crippen LogP contribution in [0.3, 0.4) is 0 Å². The number of hydrogen-bond donors (Lipinski definition) is 1. The third-order valence-electron chi connectivity index (χ3n) is 4.42. The molecule has 0 aliphatic rings. The van der Waals surface area contributed by atoms with Gasteiger partial charge in [0.1, 0.15) is 0 Å². The predicted octanol–water partition coefficient (Wildman–Crippen LogP) is 4.50. The smallest absolute Gasteiger partial charge is 0.0237 e. The van der Waals surface area contributed by atoms with Gasteiger partial charge in [0, 0.05) is 26.2 Å². The number of hydrogen-bond acceptors (Lipinski definition) is 2. The fraction of sp³-hybridized carbons (Fsp3) is 0.429. The van der Waals surface area contributed by atoms with E-state index in [4.69, 9.17) is 5.73 Å². The van der Waals surface area contributed by atoms with Crippen molar-refractivity contribution >= 4 is 0 Å². The maximum Gasteiger partial charge on any atom is 0.0237 e. The average molecular weight is 310 g/mol. The summed E-state index contributed by atoms with van der Waals surface area (Å²) in [6.45, 7) is 10.5. The molecule has 0 saturated carbocycles. The van der Waals surface area contributed by atoms with E-state index in [0.29, 0.717) is 12.5 Å². The van der Waals surface area contributed by atoms with E-state index < -0.39 is 0 Å². The van der Waals surface area contributed by atoms with E-state index in [1.54, 1.807) is 0 Å². The minimum atomic E-state index is 0.611. The third kappa shape index (κ3) is 5.81. The first-order chi connectivity index (χ1) is 11.1. The molecule has 0 radical (unpaired) electrons. The molecule has 23 heavy (non-hydrogen) atoms. The molecule has 0 bridgehead atoms. The zero-order valence-corrected chi connectivity index (χ0v) is 14.8. The molecule has 2 aromatic rings. The highest BCUT2D eigenvalue weighted by Gasteiger charge is 2.11. The summed E-state index contributed by atoms with van der Waals surface area (Å²) in [6, 6.07) is 17.5. The van der Waals surface area contributed by atoms with Gasteiger partial charge in [-0.1, -0.05) is 74.4 Å². The maximum atomic E-state index is 5.69. The highest BCUT2D eigenvalue weighted by Crippen LogP contribution is 2.15. The van der Waals surface area contributed by atoms with E-state index in [2.05, 4.69) is 74.2 Å². The summed E-state index contributed by atoms with van der Waals surface area (Å²) in [6.07, 6.45) is 1.22. The topological polar surface area (TPSA) is 29.3 Å². The Labute approximate surface area is 141 Å². The Balaban J connectivity index is 2.09. The molecule has 0 aliphatic carbocycles. The first kappa shape index (κ1) is 17.7. The Bertz CT molecular complexity index is 589. The van der Waals surface area contributed by atoms with Crippen LogP contribution in [0, 0.1) is 12.8 Å². The Hall–Kier alpha value is -1.64. The van der Waals surface area contributed by atoms with Crippen molar-refractivity contribution in [1.29, 1.82) is 0 Å². The van der Waals surface area contributed by atoms with Crippen LogP contribution in [0.2, 0.25) is 0 Å². The van der Waals surface area contributed by atoms with Crippen LogP contribution in [-0.4, -0.2) is 11.4 Å². The van der Waals surface area contributed by atoms with Crippen LogP contribution in [-0.2, 0) is 19.6 Å². The van der Waals surface area contributed by atoms with Crippen molar-refractivity contribution < 1.29 is 0 Å². The second kappa shape index (κ2) is 8.85. The largest absolute Gasteiger partial charge is 0.326 e. The molecule has 1 atom stereocenters. The SMILES string of the molecule is CCC(C)CN(Cc1ccc(CN)cc1)Cc1cccc(C)c1. The quantitative estimate of drug-likeness (QED) is 0.777. The first-order valence-corrected chi connectivity index (χ1v) is 8.66. The van der Waals surface area contributed by atoms with Crippen LogP contribution in [0.1, 0.15) is 42.5 Å². The van der Waals surface area contributed by atoms with Gasteiger partial charge in [-0.3, -0.25) is 4.90 Å². The van der Waals surface area contributed by atoms with Crippen molar-refractivity contribution in [3.8, 4) is 0 Å². The van der Waals surface area contributed by atoms with Crippen LogP contribution >= 0.6 is 0 Å². The molecule has 2 aromatic carbocycles. The number of aryl methyl sites for hydroxylation is 1. The van der Waals surface area contributed by atoms with Crippen LogP contribution in [0.25, 0.3) is 0 Å². The van der Waals surface area contributed by atoms with E-state index in [-0.39, 0.29) is 0 Å². The van der Waals surface area contributed by atoms with Gasteiger partial charge in [0.2, 0.25) is 0 Å². The van der Waals surface area contributed by atoms with E-state index >= 15 is 0 Å². The number of nitrogens with zero attached hydrogens (tertiary/aromatic N) is 1. The second-order valence-electron chi connectivity index (χ2n) is 6.69. The van der Waals surface area contributed by atoms with Crippen molar-refractivity contribution in [1.82, 2.24) is 4.90 Å². The third-order valence-corrected chi connectivity index (χ3v) is 4.42. The van der Waals surface area contributed by atoms with E-state index in [1.165, 1.54) is 28.7 Å². The Morgan fingerprint density at radius 1 is 0.957 bits per heavy atom. The van der Waals surface area contributed by atoms with Gasteiger partial charge in [-0.2, -0.15) is 0 Å². The molecule has 2 N–H and O–H groups in total. The number of rotatable bonds is 8. The molecule has 0 amide bonds. The molecule has 124 valence electrons. The lowest BCUT2D eigenvalue weighted by Crippen LogP contribution is -2.27. The summed E-state index contributed by atoms with van der Waals surface area (Å²) in [5.74, 6) is 0.711. The van der Waals surface area contributed by atoms with E-state index in [9.17, 15) is 0 Å². The van der Waals surface area contributed by atoms with Gasteiger partial charge in [0.25, 0.3) is 0 Å². The zero-order valence-electron chi connectivity index (χ0n) is 14.8. The molecule has 0 spiro atoms. The minimum Gasteiger partial charge on any atom is -0.326 e. The van der Waals surface area contributed by atoms with Gasteiger partial charge < -0.3 is 5.73 Å². The Morgan fingerprint density at radius 2 is 1.61 bits per heavy atom. The van der Waals surface area contributed by atoms with Gasteiger partial charge in [0.15, 0.2) is 0 Å². The van der Waals surface area contributed by atoms with Crippen molar-refractivity contribution in [2.24, 2.45) is 11.7 Å². The molecule has 0 aromatic heterocycles.